The molecule has 0 saturated heterocycles. The van der Waals surface area contributed by atoms with Gasteiger partial charge in [0.15, 0.2) is 0 Å². The predicted octanol–water partition coefficient (Wildman–Crippen LogP) is 4.05. The minimum Gasteiger partial charge on any atom is -0.344 e. The zero-order valence-corrected chi connectivity index (χ0v) is 10.8. The van der Waals surface area contributed by atoms with Crippen molar-refractivity contribution in [2.24, 2.45) is 0 Å². The molecule has 1 aromatic carbocycles. The molecule has 0 bridgehead atoms. The number of hydrogen-bond acceptors (Lipinski definition) is 1. The second-order valence-corrected chi connectivity index (χ2v) is 4.57. The average Bonchev–Trinajstić information content (AvgIpc) is 2.62. The first-order valence-corrected chi connectivity index (χ1v) is 6.27. The van der Waals surface area contributed by atoms with Crippen LogP contribution in [0.25, 0.3) is 11.3 Å². The summed E-state index contributed by atoms with van der Waals surface area (Å²) in [5, 5.41) is 0.793. The molecule has 0 aliphatic rings. The molecule has 0 aliphatic heterocycles. The van der Waals surface area contributed by atoms with Crippen molar-refractivity contribution < 1.29 is 0 Å². The largest absolute Gasteiger partial charge is 0.344 e. The number of nitrogens with zero attached hydrogens (tertiary/aromatic N) is 1. The minimum absolute atomic E-state index is 0.793. The van der Waals surface area contributed by atoms with Crippen molar-refractivity contribution in [3.8, 4) is 11.3 Å². The highest BCUT2D eigenvalue weighted by molar-refractivity contribution is 7.80. The summed E-state index contributed by atoms with van der Waals surface area (Å²) in [6.07, 6.45) is 0. The number of hydrogen-bond donors (Lipinski definition) is 1. The molecular weight excluding hydrogens is 238 g/mol. The lowest BCUT2D eigenvalue weighted by Crippen LogP contribution is -2.03. The van der Waals surface area contributed by atoms with Gasteiger partial charge in [0, 0.05) is 34.3 Å². The standard InChI is InChI=1S/C13H14ClNS/c1-10-6-7-13(15(10)8-9-16)11-4-2-3-5-12(11)14/h2-7,16H,8-9H2,1H3. The van der Waals surface area contributed by atoms with Gasteiger partial charge in [0.05, 0.1) is 0 Å². The van der Waals surface area contributed by atoms with Crippen molar-refractivity contribution in [3.63, 3.8) is 0 Å². The number of rotatable bonds is 3. The maximum Gasteiger partial charge on any atom is 0.0499 e. The number of benzene rings is 1. The van der Waals surface area contributed by atoms with E-state index in [1.807, 2.05) is 24.3 Å². The average molecular weight is 252 g/mol. The Kier molecular flexibility index (Phi) is 3.62. The molecular formula is C13H14ClNS. The molecule has 0 N–H and O–H groups in total. The summed E-state index contributed by atoms with van der Waals surface area (Å²) in [5.41, 5.74) is 3.49. The first-order valence-electron chi connectivity index (χ1n) is 5.26. The monoisotopic (exact) mass is 251 g/mol. The molecule has 0 fully saturated rings. The Balaban J connectivity index is 2.52. The summed E-state index contributed by atoms with van der Waals surface area (Å²) in [5.74, 6) is 0.826. The molecule has 0 radical (unpaired) electrons. The fourth-order valence-corrected chi connectivity index (χ4v) is 2.30. The van der Waals surface area contributed by atoms with Crippen molar-refractivity contribution in [2.75, 3.05) is 5.75 Å². The van der Waals surface area contributed by atoms with Gasteiger partial charge in [-0.25, -0.2) is 0 Å². The molecule has 0 unspecified atom stereocenters. The van der Waals surface area contributed by atoms with Gasteiger partial charge in [-0.3, -0.25) is 0 Å². The summed E-state index contributed by atoms with van der Waals surface area (Å²) >= 11 is 10.5. The summed E-state index contributed by atoms with van der Waals surface area (Å²) in [4.78, 5) is 0. The first-order chi connectivity index (χ1) is 7.74. The molecule has 0 spiro atoms. The van der Waals surface area contributed by atoms with E-state index in [2.05, 4.69) is 36.3 Å². The van der Waals surface area contributed by atoms with E-state index in [4.69, 9.17) is 11.6 Å². The Morgan fingerprint density at radius 2 is 1.94 bits per heavy atom. The van der Waals surface area contributed by atoms with Crippen LogP contribution < -0.4 is 0 Å². The van der Waals surface area contributed by atoms with Gasteiger partial charge >= 0.3 is 0 Å². The van der Waals surface area contributed by atoms with Crippen molar-refractivity contribution in [1.29, 1.82) is 0 Å². The van der Waals surface area contributed by atoms with Crippen molar-refractivity contribution in [2.45, 2.75) is 13.5 Å². The van der Waals surface area contributed by atoms with E-state index in [-0.39, 0.29) is 0 Å². The Morgan fingerprint density at radius 3 is 2.62 bits per heavy atom. The zero-order chi connectivity index (χ0) is 11.5. The van der Waals surface area contributed by atoms with Crippen molar-refractivity contribution >= 4 is 24.2 Å². The summed E-state index contributed by atoms with van der Waals surface area (Å²) in [6, 6.07) is 12.2. The molecule has 3 heteroatoms. The van der Waals surface area contributed by atoms with Crippen LogP contribution in [0.1, 0.15) is 5.69 Å². The molecule has 0 saturated carbocycles. The van der Waals surface area contributed by atoms with E-state index in [1.54, 1.807) is 0 Å². The third kappa shape index (κ3) is 2.13. The van der Waals surface area contributed by atoms with E-state index >= 15 is 0 Å². The first kappa shape index (κ1) is 11.6. The third-order valence-electron chi connectivity index (χ3n) is 2.67. The molecule has 0 aliphatic carbocycles. The molecule has 1 heterocycles. The highest BCUT2D eigenvalue weighted by Crippen LogP contribution is 2.29. The van der Waals surface area contributed by atoms with Crippen LogP contribution in [0.2, 0.25) is 5.02 Å². The minimum atomic E-state index is 0.793. The second-order valence-electron chi connectivity index (χ2n) is 3.72. The Morgan fingerprint density at radius 1 is 1.19 bits per heavy atom. The van der Waals surface area contributed by atoms with Gasteiger partial charge in [-0.05, 0) is 25.1 Å². The third-order valence-corrected chi connectivity index (χ3v) is 3.20. The topological polar surface area (TPSA) is 4.93 Å². The molecule has 2 aromatic rings. The lowest BCUT2D eigenvalue weighted by Gasteiger charge is -2.11. The van der Waals surface area contributed by atoms with Crippen LogP contribution in [0.15, 0.2) is 36.4 Å². The normalized spacial score (nSPS) is 10.7. The summed E-state index contributed by atoms with van der Waals surface area (Å²) in [6.45, 7) is 3.01. The van der Waals surface area contributed by atoms with Gasteiger partial charge < -0.3 is 4.57 Å². The quantitative estimate of drug-likeness (QED) is 0.786. The Hall–Kier alpha value is -0.860. The van der Waals surface area contributed by atoms with Crippen LogP contribution >= 0.6 is 24.2 Å². The Bertz CT molecular complexity index is 490. The Labute approximate surface area is 106 Å². The number of halogens is 1. The molecule has 1 aromatic heterocycles. The van der Waals surface area contributed by atoms with Crippen LogP contribution in [-0.2, 0) is 6.54 Å². The van der Waals surface area contributed by atoms with E-state index in [0.717, 1.165) is 28.6 Å². The lowest BCUT2D eigenvalue weighted by molar-refractivity contribution is 0.760. The maximum absolute atomic E-state index is 6.21. The number of aryl methyl sites for hydroxylation is 1. The van der Waals surface area contributed by atoms with E-state index in [0.29, 0.717) is 0 Å². The van der Waals surface area contributed by atoms with Crippen molar-refractivity contribution in [3.05, 3.63) is 47.1 Å². The molecule has 0 amide bonds. The predicted molar refractivity (Wildman–Crippen MR) is 73.5 cm³/mol. The van der Waals surface area contributed by atoms with Gasteiger partial charge in [0.2, 0.25) is 0 Å². The molecule has 2 rings (SSSR count). The van der Waals surface area contributed by atoms with E-state index in [9.17, 15) is 0 Å². The van der Waals surface area contributed by atoms with Gasteiger partial charge in [-0.15, -0.1) is 0 Å². The van der Waals surface area contributed by atoms with E-state index < -0.39 is 0 Å². The lowest BCUT2D eigenvalue weighted by atomic mass is 10.1. The van der Waals surface area contributed by atoms with Crippen LogP contribution in [0.5, 0.6) is 0 Å². The molecule has 1 nitrogen and oxygen atoms in total. The summed E-state index contributed by atoms with van der Waals surface area (Å²) < 4.78 is 2.24. The SMILES string of the molecule is Cc1ccc(-c2ccccc2Cl)n1CCS. The van der Waals surface area contributed by atoms with Crippen molar-refractivity contribution in [1.82, 2.24) is 4.57 Å². The van der Waals surface area contributed by atoms with Gasteiger partial charge in [0.25, 0.3) is 0 Å². The van der Waals surface area contributed by atoms with Gasteiger partial charge in [-0.1, -0.05) is 29.8 Å². The smallest absolute Gasteiger partial charge is 0.0499 e. The van der Waals surface area contributed by atoms with Gasteiger partial charge in [0.1, 0.15) is 0 Å². The van der Waals surface area contributed by atoms with Crippen LogP contribution in [0.3, 0.4) is 0 Å². The second kappa shape index (κ2) is 4.98. The molecule has 16 heavy (non-hydrogen) atoms. The number of thiol groups is 1. The maximum atomic E-state index is 6.21. The molecule has 84 valence electrons. The van der Waals surface area contributed by atoms with Crippen LogP contribution in [-0.4, -0.2) is 10.3 Å². The van der Waals surface area contributed by atoms with Crippen LogP contribution in [0, 0.1) is 6.92 Å². The molecule has 0 atom stereocenters. The summed E-state index contributed by atoms with van der Waals surface area (Å²) in [7, 11) is 0. The highest BCUT2D eigenvalue weighted by Gasteiger charge is 2.09. The van der Waals surface area contributed by atoms with Crippen LogP contribution in [0.4, 0.5) is 0 Å². The highest BCUT2D eigenvalue weighted by atomic mass is 35.5. The fourth-order valence-electron chi connectivity index (χ4n) is 1.87. The van der Waals surface area contributed by atoms with Gasteiger partial charge in [-0.2, -0.15) is 12.6 Å². The van der Waals surface area contributed by atoms with E-state index in [1.165, 1.54) is 5.69 Å². The fraction of sp³-hybridized carbons (Fsp3) is 0.231. The number of aromatic nitrogens is 1. The zero-order valence-electron chi connectivity index (χ0n) is 9.15.